The second-order valence-corrected chi connectivity index (χ2v) is 2.77. The van der Waals surface area contributed by atoms with E-state index in [-0.39, 0.29) is 11.8 Å². The summed E-state index contributed by atoms with van der Waals surface area (Å²) in [6.07, 6.45) is 5.10. The molecule has 56 valence electrons. The van der Waals surface area contributed by atoms with E-state index in [0.29, 0.717) is 0 Å². The summed E-state index contributed by atoms with van der Waals surface area (Å²) in [6.45, 7) is 1.74. The van der Waals surface area contributed by atoms with Crippen LogP contribution < -0.4 is 5.73 Å². The molecule has 0 saturated carbocycles. The fraction of sp³-hybridized carbons (Fsp3) is 0.625. The Bertz CT molecular complexity index is 170. The van der Waals surface area contributed by atoms with Gasteiger partial charge in [-0.1, -0.05) is 6.08 Å². The van der Waals surface area contributed by atoms with Gasteiger partial charge in [0.15, 0.2) is 5.78 Å². The first-order chi connectivity index (χ1) is 4.72. The minimum absolute atomic E-state index is 0.123. The maximum atomic E-state index is 11.2. The Labute approximate surface area is 61.1 Å². The lowest BCUT2D eigenvalue weighted by Crippen LogP contribution is -2.27. The predicted molar refractivity (Wildman–Crippen MR) is 40.6 cm³/mol. The highest BCUT2D eigenvalue weighted by Crippen LogP contribution is 2.18. The standard InChI is InChI=1S/C8H13NO/c1-6(9)8(10)7-4-2-3-5-7/h4,6H,2-3,5,9H2,1H3. The Morgan fingerprint density at radius 1 is 1.80 bits per heavy atom. The Kier molecular flexibility index (Phi) is 2.22. The zero-order chi connectivity index (χ0) is 7.56. The number of allylic oxidation sites excluding steroid dienone is 1. The van der Waals surface area contributed by atoms with E-state index in [9.17, 15) is 4.79 Å². The molecule has 0 aliphatic heterocycles. The van der Waals surface area contributed by atoms with Crippen molar-refractivity contribution in [2.45, 2.75) is 32.2 Å². The average molecular weight is 139 g/mol. The first-order valence-electron chi connectivity index (χ1n) is 3.70. The van der Waals surface area contributed by atoms with E-state index in [2.05, 4.69) is 0 Å². The second-order valence-electron chi connectivity index (χ2n) is 2.77. The Balaban J connectivity index is 2.56. The van der Waals surface area contributed by atoms with Gasteiger partial charge in [0, 0.05) is 0 Å². The molecule has 0 fully saturated rings. The van der Waals surface area contributed by atoms with E-state index < -0.39 is 0 Å². The third kappa shape index (κ3) is 1.45. The fourth-order valence-corrected chi connectivity index (χ4v) is 1.19. The smallest absolute Gasteiger partial charge is 0.174 e. The largest absolute Gasteiger partial charge is 0.321 e. The van der Waals surface area contributed by atoms with E-state index in [4.69, 9.17) is 5.73 Å². The van der Waals surface area contributed by atoms with Crippen LogP contribution in [0.25, 0.3) is 0 Å². The molecule has 0 saturated heterocycles. The average Bonchev–Trinajstić information content (AvgIpc) is 2.36. The maximum Gasteiger partial charge on any atom is 0.174 e. The molecule has 0 spiro atoms. The zero-order valence-corrected chi connectivity index (χ0v) is 6.26. The van der Waals surface area contributed by atoms with Crippen LogP contribution in [-0.4, -0.2) is 11.8 Å². The van der Waals surface area contributed by atoms with Gasteiger partial charge in [-0.2, -0.15) is 0 Å². The molecule has 0 bridgehead atoms. The molecule has 0 aromatic heterocycles. The van der Waals surface area contributed by atoms with Gasteiger partial charge in [-0.15, -0.1) is 0 Å². The monoisotopic (exact) mass is 139 g/mol. The molecular weight excluding hydrogens is 126 g/mol. The Hall–Kier alpha value is -0.630. The lowest BCUT2D eigenvalue weighted by molar-refractivity contribution is -0.116. The van der Waals surface area contributed by atoms with E-state index in [1.165, 1.54) is 0 Å². The summed E-state index contributed by atoms with van der Waals surface area (Å²) in [6, 6.07) is -0.315. The van der Waals surface area contributed by atoms with Crippen LogP contribution in [-0.2, 0) is 4.79 Å². The minimum Gasteiger partial charge on any atom is -0.321 e. The molecule has 0 aromatic rings. The molecule has 1 atom stereocenters. The number of nitrogens with two attached hydrogens (primary N) is 1. The Morgan fingerprint density at radius 2 is 2.50 bits per heavy atom. The van der Waals surface area contributed by atoms with Crippen LogP contribution in [0.5, 0.6) is 0 Å². The zero-order valence-electron chi connectivity index (χ0n) is 6.26. The number of hydrogen-bond donors (Lipinski definition) is 1. The molecule has 0 radical (unpaired) electrons. The minimum atomic E-state index is -0.315. The highest BCUT2D eigenvalue weighted by molar-refractivity contribution is 5.99. The van der Waals surface area contributed by atoms with Gasteiger partial charge in [-0.3, -0.25) is 4.79 Å². The van der Waals surface area contributed by atoms with Crippen molar-refractivity contribution in [1.29, 1.82) is 0 Å². The van der Waals surface area contributed by atoms with Crippen molar-refractivity contribution in [1.82, 2.24) is 0 Å². The van der Waals surface area contributed by atoms with E-state index in [1.54, 1.807) is 6.92 Å². The van der Waals surface area contributed by atoms with E-state index >= 15 is 0 Å². The third-order valence-corrected chi connectivity index (χ3v) is 1.77. The number of rotatable bonds is 2. The molecule has 10 heavy (non-hydrogen) atoms. The van der Waals surface area contributed by atoms with Crippen molar-refractivity contribution in [3.63, 3.8) is 0 Å². The molecule has 2 nitrogen and oxygen atoms in total. The van der Waals surface area contributed by atoms with Gasteiger partial charge < -0.3 is 5.73 Å². The topological polar surface area (TPSA) is 43.1 Å². The molecule has 0 heterocycles. The molecule has 0 aromatic carbocycles. The van der Waals surface area contributed by atoms with Crippen molar-refractivity contribution < 1.29 is 4.79 Å². The molecule has 2 N–H and O–H groups in total. The summed E-state index contributed by atoms with van der Waals surface area (Å²) in [7, 11) is 0. The lowest BCUT2D eigenvalue weighted by Gasteiger charge is -2.03. The third-order valence-electron chi connectivity index (χ3n) is 1.77. The van der Waals surface area contributed by atoms with Gasteiger partial charge in [0.2, 0.25) is 0 Å². The van der Waals surface area contributed by atoms with E-state index in [0.717, 1.165) is 24.8 Å². The number of ketones is 1. The first-order valence-corrected chi connectivity index (χ1v) is 3.70. The van der Waals surface area contributed by atoms with Crippen molar-refractivity contribution in [3.8, 4) is 0 Å². The Morgan fingerprint density at radius 3 is 2.90 bits per heavy atom. The number of Topliss-reactive ketones (excluding diaryl/α,β-unsaturated/α-hetero) is 1. The van der Waals surface area contributed by atoms with Crippen LogP contribution >= 0.6 is 0 Å². The summed E-state index contributed by atoms with van der Waals surface area (Å²) in [5.74, 6) is 0.123. The molecule has 1 rings (SSSR count). The summed E-state index contributed by atoms with van der Waals surface area (Å²) in [5, 5.41) is 0. The van der Waals surface area contributed by atoms with E-state index in [1.807, 2.05) is 6.08 Å². The van der Waals surface area contributed by atoms with Crippen molar-refractivity contribution in [2.75, 3.05) is 0 Å². The second kappa shape index (κ2) is 2.97. The summed E-state index contributed by atoms with van der Waals surface area (Å²) in [5.41, 5.74) is 6.37. The molecule has 1 aliphatic carbocycles. The quantitative estimate of drug-likeness (QED) is 0.620. The highest BCUT2D eigenvalue weighted by atomic mass is 16.1. The van der Waals surface area contributed by atoms with Crippen LogP contribution in [0.3, 0.4) is 0 Å². The van der Waals surface area contributed by atoms with Crippen LogP contribution in [0.15, 0.2) is 11.6 Å². The van der Waals surface area contributed by atoms with Crippen molar-refractivity contribution in [2.24, 2.45) is 5.73 Å². The molecule has 1 aliphatic rings. The molecule has 2 heteroatoms. The highest BCUT2D eigenvalue weighted by Gasteiger charge is 2.15. The summed E-state index contributed by atoms with van der Waals surface area (Å²) < 4.78 is 0. The number of hydrogen-bond acceptors (Lipinski definition) is 2. The van der Waals surface area contributed by atoms with Gasteiger partial charge in [-0.25, -0.2) is 0 Å². The van der Waals surface area contributed by atoms with Gasteiger partial charge in [0.25, 0.3) is 0 Å². The van der Waals surface area contributed by atoms with Crippen LogP contribution in [0.1, 0.15) is 26.2 Å². The normalized spacial score (nSPS) is 20.4. The van der Waals surface area contributed by atoms with Gasteiger partial charge in [-0.05, 0) is 31.8 Å². The van der Waals surface area contributed by atoms with Gasteiger partial charge >= 0.3 is 0 Å². The van der Waals surface area contributed by atoms with Crippen LogP contribution in [0.4, 0.5) is 0 Å². The lowest BCUT2D eigenvalue weighted by atomic mass is 10.1. The summed E-state index contributed by atoms with van der Waals surface area (Å²) >= 11 is 0. The van der Waals surface area contributed by atoms with Crippen LogP contribution in [0.2, 0.25) is 0 Å². The first kappa shape index (κ1) is 7.48. The molecular formula is C8H13NO. The predicted octanol–water partition coefficient (Wildman–Crippen LogP) is 1.01. The molecule has 1 unspecified atom stereocenters. The van der Waals surface area contributed by atoms with Crippen molar-refractivity contribution in [3.05, 3.63) is 11.6 Å². The number of carbonyl (C=O) groups is 1. The van der Waals surface area contributed by atoms with Crippen molar-refractivity contribution >= 4 is 5.78 Å². The SMILES string of the molecule is CC(N)C(=O)C1=CCCC1. The summed E-state index contributed by atoms with van der Waals surface area (Å²) in [4.78, 5) is 11.2. The maximum absolute atomic E-state index is 11.2. The number of carbonyl (C=O) groups excluding carboxylic acids is 1. The van der Waals surface area contributed by atoms with Gasteiger partial charge in [0.05, 0.1) is 6.04 Å². The molecule has 0 amide bonds. The van der Waals surface area contributed by atoms with Crippen LogP contribution in [0, 0.1) is 0 Å². The van der Waals surface area contributed by atoms with Gasteiger partial charge in [0.1, 0.15) is 0 Å². The fourth-order valence-electron chi connectivity index (χ4n) is 1.19.